The van der Waals surface area contributed by atoms with Gasteiger partial charge in [-0.2, -0.15) is 0 Å². The van der Waals surface area contributed by atoms with Gasteiger partial charge < -0.3 is 9.80 Å². The molecule has 0 spiro atoms. The molecule has 2 heterocycles. The van der Waals surface area contributed by atoms with Gasteiger partial charge in [0.15, 0.2) is 0 Å². The van der Waals surface area contributed by atoms with E-state index in [1.165, 1.54) is 12.1 Å². The van der Waals surface area contributed by atoms with Crippen LogP contribution in [-0.4, -0.2) is 60.2 Å². The molecular weight excluding hydrogens is 349 g/mol. The lowest BCUT2D eigenvalue weighted by Crippen LogP contribution is -2.52. The van der Waals surface area contributed by atoms with Crippen LogP contribution in [-0.2, 0) is 14.4 Å². The lowest BCUT2D eigenvalue weighted by Gasteiger charge is -2.36. The Kier molecular flexibility index (Phi) is 4.68. The first-order valence-corrected chi connectivity index (χ1v) is 9.33. The standard InChI is InChI=1S/C20H22FN3O3/c21-14-5-7-15(8-6-14)22-9-11-23(12-10-22)18(25)13-24-19(26)16-3-1-2-4-17(16)20(24)27/h1-2,5-8,16-17H,3-4,9-13H2/t16-,17-/m1/s1. The lowest BCUT2D eigenvalue weighted by atomic mass is 9.85. The largest absolute Gasteiger partial charge is 0.368 e. The number of fused-ring (bicyclic) bond motifs is 1. The van der Waals surface area contributed by atoms with Gasteiger partial charge in [-0.15, -0.1) is 0 Å². The number of allylic oxidation sites excluding steroid dienone is 2. The molecule has 0 aromatic heterocycles. The highest BCUT2D eigenvalue weighted by molar-refractivity contribution is 6.07. The summed E-state index contributed by atoms with van der Waals surface area (Å²) in [5, 5.41) is 0. The number of carbonyl (C=O) groups is 3. The van der Waals surface area contributed by atoms with Gasteiger partial charge >= 0.3 is 0 Å². The Hall–Kier alpha value is -2.70. The number of hydrogen-bond donors (Lipinski definition) is 0. The molecule has 4 rings (SSSR count). The first-order valence-electron chi connectivity index (χ1n) is 9.33. The van der Waals surface area contributed by atoms with Crippen LogP contribution >= 0.6 is 0 Å². The van der Waals surface area contributed by atoms with Crippen LogP contribution in [0, 0.1) is 17.7 Å². The predicted molar refractivity (Wildman–Crippen MR) is 97.3 cm³/mol. The Morgan fingerprint density at radius 1 is 0.926 bits per heavy atom. The average Bonchev–Trinajstić information content (AvgIpc) is 2.94. The number of rotatable bonds is 3. The third kappa shape index (κ3) is 3.34. The SMILES string of the molecule is O=C(CN1C(=O)[C@@H]2CC=CC[C@H]2C1=O)N1CCN(c2ccc(F)cc2)CC1. The second-order valence-corrected chi connectivity index (χ2v) is 7.26. The highest BCUT2D eigenvalue weighted by Gasteiger charge is 2.47. The van der Waals surface area contributed by atoms with Crippen molar-refractivity contribution in [2.75, 3.05) is 37.6 Å². The lowest BCUT2D eigenvalue weighted by molar-refractivity contribution is -0.146. The predicted octanol–water partition coefficient (Wildman–Crippen LogP) is 1.43. The maximum absolute atomic E-state index is 13.1. The van der Waals surface area contributed by atoms with Crippen LogP contribution in [0.15, 0.2) is 36.4 Å². The zero-order chi connectivity index (χ0) is 19.0. The van der Waals surface area contributed by atoms with Gasteiger partial charge in [0.1, 0.15) is 12.4 Å². The van der Waals surface area contributed by atoms with Crippen LogP contribution in [0.5, 0.6) is 0 Å². The maximum Gasteiger partial charge on any atom is 0.242 e. The van der Waals surface area contributed by atoms with Crippen molar-refractivity contribution in [1.29, 1.82) is 0 Å². The van der Waals surface area contributed by atoms with Gasteiger partial charge in [0.2, 0.25) is 17.7 Å². The Labute approximate surface area is 157 Å². The van der Waals surface area contributed by atoms with E-state index in [0.717, 1.165) is 10.6 Å². The van der Waals surface area contributed by atoms with Crippen LogP contribution in [0.25, 0.3) is 0 Å². The minimum absolute atomic E-state index is 0.165. The van der Waals surface area contributed by atoms with Crippen molar-refractivity contribution < 1.29 is 18.8 Å². The number of carbonyl (C=O) groups excluding carboxylic acids is 3. The molecule has 0 radical (unpaired) electrons. The van der Waals surface area contributed by atoms with Crippen LogP contribution in [0.4, 0.5) is 10.1 Å². The molecular formula is C20H22FN3O3. The number of halogens is 1. The maximum atomic E-state index is 13.1. The number of benzene rings is 1. The molecule has 3 amide bonds. The number of piperazine rings is 1. The van der Waals surface area contributed by atoms with Gasteiger partial charge in [-0.05, 0) is 37.1 Å². The molecule has 6 nitrogen and oxygen atoms in total. The van der Waals surface area contributed by atoms with E-state index >= 15 is 0 Å². The van der Waals surface area contributed by atoms with Gasteiger partial charge in [-0.1, -0.05) is 12.2 Å². The summed E-state index contributed by atoms with van der Waals surface area (Å²) in [7, 11) is 0. The molecule has 0 saturated carbocycles. The van der Waals surface area contributed by atoms with Crippen molar-refractivity contribution >= 4 is 23.4 Å². The fourth-order valence-electron chi connectivity index (χ4n) is 4.13. The molecule has 27 heavy (non-hydrogen) atoms. The molecule has 1 aromatic carbocycles. The van der Waals surface area contributed by atoms with Crippen molar-refractivity contribution in [2.45, 2.75) is 12.8 Å². The zero-order valence-electron chi connectivity index (χ0n) is 15.0. The normalized spacial score (nSPS) is 25.1. The highest BCUT2D eigenvalue weighted by atomic mass is 19.1. The van der Waals surface area contributed by atoms with Crippen molar-refractivity contribution in [3.05, 3.63) is 42.2 Å². The molecule has 142 valence electrons. The fraction of sp³-hybridized carbons (Fsp3) is 0.450. The van der Waals surface area contributed by atoms with E-state index in [1.807, 2.05) is 12.2 Å². The molecule has 2 saturated heterocycles. The van der Waals surface area contributed by atoms with E-state index in [1.54, 1.807) is 17.0 Å². The van der Waals surface area contributed by atoms with Gasteiger partial charge in [0.05, 0.1) is 11.8 Å². The molecule has 2 aliphatic heterocycles. The van der Waals surface area contributed by atoms with Gasteiger partial charge in [-0.25, -0.2) is 4.39 Å². The van der Waals surface area contributed by atoms with Crippen molar-refractivity contribution in [3.8, 4) is 0 Å². The smallest absolute Gasteiger partial charge is 0.242 e. The molecule has 0 N–H and O–H groups in total. The fourth-order valence-corrected chi connectivity index (χ4v) is 4.13. The van der Waals surface area contributed by atoms with Crippen molar-refractivity contribution in [1.82, 2.24) is 9.80 Å². The summed E-state index contributed by atoms with van der Waals surface area (Å²) in [6, 6.07) is 6.30. The summed E-state index contributed by atoms with van der Waals surface area (Å²) in [5.74, 6) is -1.50. The number of hydrogen-bond acceptors (Lipinski definition) is 4. The summed E-state index contributed by atoms with van der Waals surface area (Å²) in [6.45, 7) is 2.13. The monoisotopic (exact) mass is 371 g/mol. The summed E-state index contributed by atoms with van der Waals surface area (Å²) >= 11 is 0. The van der Waals surface area contributed by atoms with Gasteiger partial charge in [-0.3, -0.25) is 19.3 Å². The zero-order valence-corrected chi connectivity index (χ0v) is 15.0. The van der Waals surface area contributed by atoms with Crippen LogP contribution in [0.2, 0.25) is 0 Å². The third-order valence-corrected chi connectivity index (χ3v) is 5.72. The minimum Gasteiger partial charge on any atom is -0.368 e. The number of imide groups is 1. The molecule has 0 unspecified atom stereocenters. The first-order chi connectivity index (χ1) is 13.0. The quantitative estimate of drug-likeness (QED) is 0.596. The number of anilines is 1. The molecule has 2 fully saturated rings. The summed E-state index contributed by atoms with van der Waals surface area (Å²) < 4.78 is 13.1. The Balaban J connectivity index is 1.34. The third-order valence-electron chi connectivity index (χ3n) is 5.72. The van der Waals surface area contributed by atoms with Crippen LogP contribution in [0.3, 0.4) is 0 Å². The van der Waals surface area contributed by atoms with Crippen LogP contribution < -0.4 is 4.90 Å². The number of likely N-dealkylation sites (tertiary alicyclic amines) is 1. The summed E-state index contributed by atoms with van der Waals surface area (Å²) in [4.78, 5) is 42.6. The Bertz CT molecular complexity index is 758. The van der Waals surface area contributed by atoms with E-state index in [-0.39, 0.29) is 41.9 Å². The molecule has 2 atom stereocenters. The van der Waals surface area contributed by atoms with E-state index in [0.29, 0.717) is 39.0 Å². The van der Waals surface area contributed by atoms with Crippen molar-refractivity contribution in [3.63, 3.8) is 0 Å². The Morgan fingerprint density at radius 3 is 2.04 bits per heavy atom. The molecule has 1 aliphatic carbocycles. The van der Waals surface area contributed by atoms with Gasteiger partial charge in [0.25, 0.3) is 0 Å². The molecule has 0 bridgehead atoms. The first kappa shape index (κ1) is 17.7. The summed E-state index contributed by atoms with van der Waals surface area (Å²) in [6.07, 6.45) is 5.03. The van der Waals surface area contributed by atoms with E-state index in [4.69, 9.17) is 0 Å². The van der Waals surface area contributed by atoms with E-state index < -0.39 is 0 Å². The number of amides is 3. The molecule has 3 aliphatic rings. The van der Waals surface area contributed by atoms with Crippen molar-refractivity contribution in [2.24, 2.45) is 11.8 Å². The Morgan fingerprint density at radius 2 is 1.48 bits per heavy atom. The molecule has 1 aromatic rings. The topological polar surface area (TPSA) is 60.9 Å². The average molecular weight is 371 g/mol. The highest BCUT2D eigenvalue weighted by Crippen LogP contribution is 2.34. The minimum atomic E-state index is -0.300. The van der Waals surface area contributed by atoms with Crippen LogP contribution in [0.1, 0.15) is 12.8 Å². The second-order valence-electron chi connectivity index (χ2n) is 7.26. The van der Waals surface area contributed by atoms with Gasteiger partial charge in [0, 0.05) is 31.9 Å². The molecule has 7 heteroatoms. The van der Waals surface area contributed by atoms with E-state index in [9.17, 15) is 18.8 Å². The van der Waals surface area contributed by atoms with E-state index in [2.05, 4.69) is 4.90 Å². The summed E-state index contributed by atoms with van der Waals surface area (Å²) in [5.41, 5.74) is 0.921. The number of nitrogens with zero attached hydrogens (tertiary/aromatic N) is 3. The second kappa shape index (κ2) is 7.13.